The van der Waals surface area contributed by atoms with Gasteiger partial charge in [-0.2, -0.15) is 0 Å². The van der Waals surface area contributed by atoms with Gasteiger partial charge in [-0.05, 0) is 18.2 Å². The second kappa shape index (κ2) is 16.7. The molecule has 0 amide bonds. The lowest BCUT2D eigenvalue weighted by molar-refractivity contribution is -0.393. The number of benzene rings is 2. The average molecular weight is 524 g/mol. The largest absolute Gasteiger partial charge is 0.491 e. The van der Waals surface area contributed by atoms with Gasteiger partial charge in [0.2, 0.25) is 0 Å². The first-order valence-electron chi connectivity index (χ1n) is 11.2. The second-order valence-electron chi connectivity index (χ2n) is 7.19. The molecule has 0 aliphatic carbocycles. The summed E-state index contributed by atoms with van der Waals surface area (Å²) in [5.74, 6) is 0.524. The van der Waals surface area contributed by atoms with Crippen molar-refractivity contribution in [2.75, 3.05) is 71.3 Å². The van der Waals surface area contributed by atoms with Crippen LogP contribution in [0.5, 0.6) is 5.75 Å². The van der Waals surface area contributed by atoms with Crippen molar-refractivity contribution in [2.24, 2.45) is 0 Å². The highest BCUT2D eigenvalue weighted by molar-refractivity contribution is 5.65. The van der Waals surface area contributed by atoms with E-state index in [1.807, 2.05) is 0 Å². The maximum absolute atomic E-state index is 11.1. The van der Waals surface area contributed by atoms with Crippen LogP contribution < -0.4 is 10.1 Å². The van der Waals surface area contributed by atoms with Crippen molar-refractivity contribution in [1.29, 1.82) is 0 Å². The van der Waals surface area contributed by atoms with Crippen molar-refractivity contribution < 1.29 is 38.5 Å². The number of nitrogens with zero attached hydrogens (tertiary/aromatic N) is 3. The first kappa shape index (κ1) is 29.3. The molecule has 15 nitrogen and oxygen atoms in total. The molecule has 0 heterocycles. The van der Waals surface area contributed by atoms with E-state index in [4.69, 9.17) is 23.7 Å². The minimum Gasteiger partial charge on any atom is -0.491 e. The van der Waals surface area contributed by atoms with Crippen molar-refractivity contribution in [3.63, 3.8) is 0 Å². The van der Waals surface area contributed by atoms with Gasteiger partial charge in [0.05, 0.1) is 73.7 Å². The number of anilines is 1. The van der Waals surface area contributed by atoms with Gasteiger partial charge in [0.25, 0.3) is 17.1 Å². The molecule has 0 spiro atoms. The molecule has 0 saturated carbocycles. The maximum atomic E-state index is 11.1. The minimum atomic E-state index is -0.691. The fourth-order valence-electron chi connectivity index (χ4n) is 2.84. The Morgan fingerprint density at radius 2 is 1.08 bits per heavy atom. The summed E-state index contributed by atoms with van der Waals surface area (Å²) in [5.41, 5.74) is -0.554. The van der Waals surface area contributed by atoms with E-state index < -0.39 is 14.8 Å². The van der Waals surface area contributed by atoms with Crippen LogP contribution in [-0.2, 0) is 18.9 Å². The molecular formula is C22H28N4O11. The Balaban J connectivity index is 1.39. The smallest absolute Gasteiger partial charge is 0.299 e. The zero-order valence-corrected chi connectivity index (χ0v) is 19.9. The molecule has 0 bridgehead atoms. The number of nitro benzene ring substituents is 3. The van der Waals surface area contributed by atoms with Gasteiger partial charge in [-0.25, -0.2) is 0 Å². The predicted octanol–water partition coefficient (Wildman–Crippen LogP) is 2.97. The van der Waals surface area contributed by atoms with Gasteiger partial charge >= 0.3 is 0 Å². The van der Waals surface area contributed by atoms with Crippen molar-refractivity contribution >= 4 is 22.7 Å². The van der Waals surface area contributed by atoms with Crippen LogP contribution in [0.1, 0.15) is 0 Å². The highest BCUT2D eigenvalue weighted by Crippen LogP contribution is 2.28. The molecule has 0 atom stereocenters. The zero-order chi connectivity index (χ0) is 26.9. The van der Waals surface area contributed by atoms with Crippen LogP contribution in [0.3, 0.4) is 0 Å². The van der Waals surface area contributed by atoms with Crippen LogP contribution in [0.4, 0.5) is 22.7 Å². The quantitative estimate of drug-likeness (QED) is 0.152. The summed E-state index contributed by atoms with van der Waals surface area (Å²) in [6, 6.07) is 9.19. The summed E-state index contributed by atoms with van der Waals surface area (Å²) < 4.78 is 26.9. The molecule has 0 radical (unpaired) electrons. The fraction of sp³-hybridized carbons (Fsp3) is 0.455. The van der Waals surface area contributed by atoms with E-state index in [1.54, 1.807) is 0 Å². The summed E-state index contributed by atoms with van der Waals surface area (Å²) in [6.07, 6.45) is 0. The highest BCUT2D eigenvalue weighted by atomic mass is 16.6. The molecule has 15 heteroatoms. The fourth-order valence-corrected chi connectivity index (χ4v) is 2.84. The highest BCUT2D eigenvalue weighted by Gasteiger charge is 2.19. The van der Waals surface area contributed by atoms with E-state index in [-0.39, 0.29) is 35.9 Å². The van der Waals surface area contributed by atoms with Crippen LogP contribution in [0.2, 0.25) is 0 Å². The van der Waals surface area contributed by atoms with Gasteiger partial charge in [-0.1, -0.05) is 0 Å². The lowest BCUT2D eigenvalue weighted by atomic mass is 10.2. The number of nitrogens with one attached hydrogen (secondary N) is 1. The Kier molecular flexibility index (Phi) is 13.2. The standard InChI is InChI=1S/C22H28N4O11/c27-24(28)18-1-4-20(5-2-18)37-16-15-36-14-13-35-12-11-34-10-9-33-8-7-23-21-6-3-19(25(29)30)17-22(21)26(31)32/h1-6,17,23H,7-16H2. The van der Waals surface area contributed by atoms with Crippen LogP contribution in [0, 0.1) is 30.3 Å². The summed E-state index contributed by atoms with van der Waals surface area (Å²) in [7, 11) is 0. The Morgan fingerprint density at radius 3 is 1.59 bits per heavy atom. The van der Waals surface area contributed by atoms with Crippen LogP contribution in [0.25, 0.3) is 0 Å². The van der Waals surface area contributed by atoms with E-state index in [9.17, 15) is 30.3 Å². The van der Waals surface area contributed by atoms with Crippen LogP contribution >= 0.6 is 0 Å². The van der Waals surface area contributed by atoms with Crippen molar-refractivity contribution in [3.05, 3.63) is 72.8 Å². The van der Waals surface area contributed by atoms with Crippen molar-refractivity contribution in [3.8, 4) is 5.75 Å². The molecule has 0 aliphatic rings. The predicted molar refractivity (Wildman–Crippen MR) is 130 cm³/mol. The van der Waals surface area contributed by atoms with Gasteiger partial charge in [0.1, 0.15) is 18.0 Å². The molecule has 2 aromatic rings. The molecule has 2 aromatic carbocycles. The number of hydrogen-bond donors (Lipinski definition) is 1. The maximum Gasteiger partial charge on any atom is 0.299 e. The van der Waals surface area contributed by atoms with Crippen molar-refractivity contribution in [1.82, 2.24) is 0 Å². The van der Waals surface area contributed by atoms with Gasteiger partial charge in [-0.3, -0.25) is 30.3 Å². The first-order valence-corrected chi connectivity index (χ1v) is 11.2. The number of nitro groups is 3. The van der Waals surface area contributed by atoms with E-state index in [1.165, 1.54) is 36.4 Å². The lowest BCUT2D eigenvalue weighted by Crippen LogP contribution is -2.15. The number of non-ortho nitro benzene ring substituents is 2. The SMILES string of the molecule is O=[N+]([O-])c1ccc(OCCOCCOCCOCCOCCNc2ccc([N+](=O)[O-])cc2[N+](=O)[O-])cc1. The minimum absolute atomic E-state index is 0.00135. The first-order chi connectivity index (χ1) is 17.9. The van der Waals surface area contributed by atoms with Gasteiger partial charge in [0, 0.05) is 24.7 Å². The lowest BCUT2D eigenvalue weighted by Gasteiger charge is -2.09. The Labute approximate surface area is 211 Å². The molecule has 0 fully saturated rings. The number of hydrogen-bond acceptors (Lipinski definition) is 12. The summed E-state index contributed by atoms with van der Waals surface area (Å²) >= 11 is 0. The molecule has 37 heavy (non-hydrogen) atoms. The topological polar surface area (TPSA) is 188 Å². The summed E-state index contributed by atoms with van der Waals surface area (Å²) in [5, 5.41) is 35.3. The summed E-state index contributed by atoms with van der Waals surface area (Å²) in [6.45, 7) is 3.39. The number of rotatable bonds is 20. The molecule has 0 aromatic heterocycles. The molecule has 0 saturated heterocycles. The second-order valence-corrected chi connectivity index (χ2v) is 7.19. The van der Waals surface area contributed by atoms with Crippen LogP contribution in [0.15, 0.2) is 42.5 Å². The Hall–Kier alpha value is -3.92. The van der Waals surface area contributed by atoms with Crippen molar-refractivity contribution in [2.45, 2.75) is 0 Å². The van der Waals surface area contributed by atoms with E-state index in [2.05, 4.69) is 5.32 Å². The van der Waals surface area contributed by atoms with Crippen LogP contribution in [-0.4, -0.2) is 80.8 Å². The van der Waals surface area contributed by atoms with E-state index in [0.717, 1.165) is 6.07 Å². The third kappa shape index (κ3) is 11.6. The number of ether oxygens (including phenoxy) is 5. The zero-order valence-electron chi connectivity index (χ0n) is 19.9. The van der Waals surface area contributed by atoms with Gasteiger partial charge < -0.3 is 29.0 Å². The average Bonchev–Trinajstić information content (AvgIpc) is 2.88. The monoisotopic (exact) mass is 524 g/mol. The molecule has 2 rings (SSSR count). The molecule has 0 aliphatic heterocycles. The molecule has 202 valence electrons. The molecule has 0 unspecified atom stereocenters. The molecule has 1 N–H and O–H groups in total. The van der Waals surface area contributed by atoms with Gasteiger partial charge in [-0.15, -0.1) is 0 Å². The third-order valence-corrected chi connectivity index (χ3v) is 4.61. The van der Waals surface area contributed by atoms with E-state index >= 15 is 0 Å². The van der Waals surface area contributed by atoms with Gasteiger partial charge in [0.15, 0.2) is 0 Å². The third-order valence-electron chi connectivity index (χ3n) is 4.61. The summed E-state index contributed by atoms with van der Waals surface area (Å²) in [4.78, 5) is 30.6. The molecular weight excluding hydrogens is 496 g/mol. The Morgan fingerprint density at radius 1 is 0.595 bits per heavy atom. The van der Waals surface area contributed by atoms with E-state index in [0.29, 0.717) is 58.6 Å². The normalized spacial score (nSPS) is 10.7. The Bertz CT molecular complexity index is 1000.